The number of pyridine rings is 1. The van der Waals surface area contributed by atoms with Crippen LogP contribution < -0.4 is 0 Å². The van der Waals surface area contributed by atoms with E-state index in [0.717, 1.165) is 28.2 Å². The highest BCUT2D eigenvalue weighted by atomic mass is 19.4. The van der Waals surface area contributed by atoms with Gasteiger partial charge in [0.2, 0.25) is 0 Å². The first-order valence-corrected chi connectivity index (χ1v) is 7.71. The minimum atomic E-state index is -4.34. The first kappa shape index (κ1) is 15.4. The largest absolute Gasteiger partial charge is 0.416 e. The molecule has 4 rings (SSSR count). The first-order chi connectivity index (χ1) is 12.0. The Kier molecular flexibility index (Phi) is 3.57. The monoisotopic (exact) mass is 338 g/mol. The van der Waals surface area contributed by atoms with Crippen LogP contribution in [-0.4, -0.2) is 9.55 Å². The van der Waals surface area contributed by atoms with Gasteiger partial charge in [0.05, 0.1) is 23.0 Å². The lowest BCUT2D eigenvalue weighted by atomic mass is 10.0. The smallest absolute Gasteiger partial charge is 0.315 e. The predicted octanol–water partition coefficient (Wildman–Crippen LogP) is 5.71. The molecular weight excluding hydrogens is 325 g/mol. The van der Waals surface area contributed by atoms with Gasteiger partial charge in [-0.25, -0.2) is 0 Å². The molecule has 0 radical (unpaired) electrons. The van der Waals surface area contributed by atoms with Crippen molar-refractivity contribution in [3.8, 4) is 16.8 Å². The van der Waals surface area contributed by atoms with E-state index in [1.165, 1.54) is 12.1 Å². The molecule has 0 N–H and O–H groups in total. The van der Waals surface area contributed by atoms with E-state index in [2.05, 4.69) is 4.98 Å². The Morgan fingerprint density at radius 1 is 0.840 bits per heavy atom. The molecule has 4 aromatic rings. The minimum Gasteiger partial charge on any atom is -0.315 e. The number of hydrogen-bond donors (Lipinski definition) is 0. The summed E-state index contributed by atoms with van der Waals surface area (Å²) in [4.78, 5) is 4.12. The van der Waals surface area contributed by atoms with Gasteiger partial charge in [-0.2, -0.15) is 13.2 Å². The molecule has 0 amide bonds. The van der Waals surface area contributed by atoms with Gasteiger partial charge < -0.3 is 4.57 Å². The zero-order chi connectivity index (χ0) is 17.4. The number of fused-ring (bicyclic) bond motifs is 1. The van der Waals surface area contributed by atoms with Crippen LogP contribution in [0.3, 0.4) is 0 Å². The van der Waals surface area contributed by atoms with Gasteiger partial charge in [-0.15, -0.1) is 0 Å². The van der Waals surface area contributed by atoms with Crippen molar-refractivity contribution in [1.29, 1.82) is 0 Å². The molecule has 2 aromatic carbocycles. The van der Waals surface area contributed by atoms with Crippen molar-refractivity contribution in [1.82, 2.24) is 9.55 Å². The van der Waals surface area contributed by atoms with Crippen molar-refractivity contribution in [2.24, 2.45) is 0 Å². The maximum Gasteiger partial charge on any atom is 0.416 e. The quantitative estimate of drug-likeness (QED) is 0.458. The van der Waals surface area contributed by atoms with Crippen molar-refractivity contribution < 1.29 is 13.2 Å². The molecule has 5 heteroatoms. The number of aromatic nitrogens is 2. The van der Waals surface area contributed by atoms with Crippen LogP contribution in [0, 0.1) is 0 Å². The first-order valence-electron chi connectivity index (χ1n) is 7.71. The van der Waals surface area contributed by atoms with Crippen molar-refractivity contribution in [3.63, 3.8) is 0 Å². The summed E-state index contributed by atoms with van der Waals surface area (Å²) in [6.45, 7) is 0. The topological polar surface area (TPSA) is 17.8 Å². The van der Waals surface area contributed by atoms with E-state index in [1.807, 2.05) is 47.2 Å². The van der Waals surface area contributed by atoms with Crippen LogP contribution in [0.2, 0.25) is 0 Å². The standard InChI is InChI=1S/C20H13F3N2/c21-20(22,23)17-4-1-3-14(12-17)15-6-7-19-16(11-15)8-10-25(19)18-5-2-9-24-13-18/h1-13H. The predicted molar refractivity (Wildman–Crippen MR) is 91.5 cm³/mol. The maximum absolute atomic E-state index is 12.9. The SMILES string of the molecule is FC(F)(F)c1cccc(-c2ccc3c(ccn3-c3cccnc3)c2)c1. The average Bonchev–Trinajstić information content (AvgIpc) is 3.05. The fourth-order valence-electron chi connectivity index (χ4n) is 2.92. The summed E-state index contributed by atoms with van der Waals surface area (Å²) in [6, 6.07) is 16.8. The Balaban J connectivity index is 1.79. The molecule has 0 atom stereocenters. The second-order valence-corrected chi connectivity index (χ2v) is 5.75. The Morgan fingerprint density at radius 2 is 1.68 bits per heavy atom. The van der Waals surface area contributed by atoms with E-state index in [-0.39, 0.29) is 0 Å². The molecule has 2 nitrogen and oxygen atoms in total. The fourth-order valence-corrected chi connectivity index (χ4v) is 2.92. The summed E-state index contributed by atoms with van der Waals surface area (Å²) in [5.41, 5.74) is 2.57. The summed E-state index contributed by atoms with van der Waals surface area (Å²) in [5, 5.41) is 0.957. The number of hydrogen-bond acceptors (Lipinski definition) is 1. The molecule has 0 aliphatic rings. The Morgan fingerprint density at radius 3 is 2.44 bits per heavy atom. The molecule has 25 heavy (non-hydrogen) atoms. The number of alkyl halides is 3. The molecule has 2 aromatic heterocycles. The normalized spacial score (nSPS) is 11.8. The van der Waals surface area contributed by atoms with E-state index in [1.54, 1.807) is 18.5 Å². The highest BCUT2D eigenvalue weighted by molar-refractivity contribution is 5.87. The van der Waals surface area contributed by atoms with Gasteiger partial charge >= 0.3 is 6.18 Å². The number of halogens is 3. The summed E-state index contributed by atoms with van der Waals surface area (Å²) in [6.07, 6.45) is 1.06. The van der Waals surface area contributed by atoms with Gasteiger partial charge in [0.25, 0.3) is 0 Å². The lowest BCUT2D eigenvalue weighted by molar-refractivity contribution is -0.137. The molecule has 124 valence electrons. The summed E-state index contributed by atoms with van der Waals surface area (Å²) < 4.78 is 40.8. The van der Waals surface area contributed by atoms with Crippen molar-refractivity contribution in [2.45, 2.75) is 6.18 Å². The third-order valence-corrected chi connectivity index (χ3v) is 4.14. The van der Waals surface area contributed by atoms with Crippen LogP contribution in [0.5, 0.6) is 0 Å². The third-order valence-electron chi connectivity index (χ3n) is 4.14. The number of rotatable bonds is 2. The van der Waals surface area contributed by atoms with Crippen molar-refractivity contribution in [2.75, 3.05) is 0 Å². The van der Waals surface area contributed by atoms with Gasteiger partial charge in [-0.1, -0.05) is 18.2 Å². The zero-order valence-electron chi connectivity index (χ0n) is 13.0. The van der Waals surface area contributed by atoms with E-state index >= 15 is 0 Å². The molecule has 0 aliphatic heterocycles. The average molecular weight is 338 g/mol. The zero-order valence-corrected chi connectivity index (χ0v) is 13.0. The molecular formula is C20H13F3N2. The van der Waals surface area contributed by atoms with Crippen LogP contribution in [0.25, 0.3) is 27.7 Å². The van der Waals surface area contributed by atoms with Crippen LogP contribution >= 0.6 is 0 Å². The lowest BCUT2D eigenvalue weighted by Gasteiger charge is -2.09. The molecule has 0 saturated carbocycles. The fraction of sp³-hybridized carbons (Fsp3) is 0.0500. The second-order valence-electron chi connectivity index (χ2n) is 5.75. The summed E-state index contributed by atoms with van der Waals surface area (Å²) in [5.74, 6) is 0. The molecule has 0 spiro atoms. The lowest BCUT2D eigenvalue weighted by Crippen LogP contribution is -2.04. The minimum absolute atomic E-state index is 0.547. The van der Waals surface area contributed by atoms with Gasteiger partial charge in [-0.05, 0) is 53.6 Å². The van der Waals surface area contributed by atoms with Crippen LogP contribution in [-0.2, 0) is 6.18 Å². The van der Waals surface area contributed by atoms with Crippen LogP contribution in [0.4, 0.5) is 13.2 Å². The van der Waals surface area contributed by atoms with E-state index in [9.17, 15) is 13.2 Å². The highest BCUT2D eigenvalue weighted by Gasteiger charge is 2.30. The molecule has 0 unspecified atom stereocenters. The molecule has 0 bridgehead atoms. The second kappa shape index (κ2) is 5.77. The van der Waals surface area contributed by atoms with E-state index in [0.29, 0.717) is 5.56 Å². The summed E-state index contributed by atoms with van der Waals surface area (Å²) in [7, 11) is 0. The number of benzene rings is 2. The summed E-state index contributed by atoms with van der Waals surface area (Å²) >= 11 is 0. The van der Waals surface area contributed by atoms with Crippen molar-refractivity contribution >= 4 is 10.9 Å². The molecule has 0 saturated heterocycles. The third kappa shape index (κ3) is 2.89. The number of nitrogens with zero attached hydrogens (tertiary/aromatic N) is 2. The molecule has 0 fully saturated rings. The van der Waals surface area contributed by atoms with Crippen LogP contribution in [0.1, 0.15) is 5.56 Å². The van der Waals surface area contributed by atoms with E-state index < -0.39 is 11.7 Å². The Labute approximate surface area is 142 Å². The van der Waals surface area contributed by atoms with Gasteiger partial charge in [0.15, 0.2) is 0 Å². The van der Waals surface area contributed by atoms with Gasteiger partial charge in [0, 0.05) is 17.8 Å². The van der Waals surface area contributed by atoms with Crippen molar-refractivity contribution in [3.05, 3.63) is 84.8 Å². The Bertz CT molecular complexity index is 1030. The van der Waals surface area contributed by atoms with Crippen LogP contribution in [0.15, 0.2) is 79.3 Å². The Hall–Kier alpha value is -3.08. The van der Waals surface area contributed by atoms with Gasteiger partial charge in [-0.3, -0.25) is 4.98 Å². The van der Waals surface area contributed by atoms with Gasteiger partial charge in [0.1, 0.15) is 0 Å². The highest BCUT2D eigenvalue weighted by Crippen LogP contribution is 2.33. The van der Waals surface area contributed by atoms with E-state index in [4.69, 9.17) is 0 Å². The maximum atomic E-state index is 12.9. The molecule has 2 heterocycles. The molecule has 0 aliphatic carbocycles.